The smallest absolute Gasteiger partial charge is 0.407 e. The number of hydrogen-bond acceptors (Lipinski definition) is 7. The van der Waals surface area contributed by atoms with Gasteiger partial charge in [0.2, 0.25) is 0 Å². The van der Waals surface area contributed by atoms with Crippen LogP contribution in [0.15, 0.2) is 48.8 Å². The Morgan fingerprint density at radius 1 is 0.774 bits per heavy atom. The average Bonchev–Trinajstić information content (AvgIpc) is 3.65. The molecule has 5 N–H and O–H groups in total. The fourth-order valence-electron chi connectivity index (χ4n) is 6.31. The molecule has 2 heterocycles. The molecule has 0 radical (unpaired) electrons. The summed E-state index contributed by atoms with van der Waals surface area (Å²) in [5.41, 5.74) is 11.2. The number of alkyl carbamates (subject to hydrolysis) is 1. The molecule has 6 rings (SSSR count). The molecule has 0 saturated carbocycles. The van der Waals surface area contributed by atoms with Crippen molar-refractivity contribution in [3.8, 4) is 0 Å². The minimum absolute atomic E-state index is 0.0169. The van der Waals surface area contributed by atoms with Gasteiger partial charge in [-0.25, -0.2) is 18.4 Å². The van der Waals surface area contributed by atoms with Crippen LogP contribution in [0, 0.1) is 11.6 Å². The number of amides is 3. The Bertz CT molecular complexity index is 2000. The summed E-state index contributed by atoms with van der Waals surface area (Å²) in [5, 5.41) is 8.24. The van der Waals surface area contributed by atoms with Gasteiger partial charge in [0.1, 0.15) is 23.0 Å². The van der Waals surface area contributed by atoms with E-state index in [9.17, 15) is 28.0 Å². The number of nitrogens with zero attached hydrogens (tertiary/aromatic N) is 2. The summed E-state index contributed by atoms with van der Waals surface area (Å²) < 4.78 is 38.6. The van der Waals surface area contributed by atoms with E-state index in [0.29, 0.717) is 22.8 Å². The molecule has 2 aromatic carbocycles. The maximum absolute atomic E-state index is 13.3. The summed E-state index contributed by atoms with van der Waals surface area (Å²) in [6, 6.07) is 7.93. The van der Waals surface area contributed by atoms with E-state index in [4.69, 9.17) is 28.9 Å². The third kappa shape index (κ3) is 10.3. The molecule has 17 heteroatoms. The third-order valence-electron chi connectivity index (χ3n) is 8.70. The van der Waals surface area contributed by atoms with Gasteiger partial charge in [-0.15, -0.1) is 0 Å². The number of anilines is 2. The molecule has 3 amide bonds. The van der Waals surface area contributed by atoms with Crippen LogP contribution >= 0.6 is 34.8 Å². The lowest BCUT2D eigenvalue weighted by Gasteiger charge is -2.23. The van der Waals surface area contributed by atoms with Crippen molar-refractivity contribution in [1.82, 2.24) is 14.5 Å². The van der Waals surface area contributed by atoms with Crippen LogP contribution in [0.3, 0.4) is 0 Å². The van der Waals surface area contributed by atoms with E-state index >= 15 is 0 Å². The summed E-state index contributed by atoms with van der Waals surface area (Å²) in [5.74, 6) is -1.60. The fraction of sp³-hybridized carbons (Fsp3) is 0.333. The molecule has 2 aliphatic carbocycles. The van der Waals surface area contributed by atoms with Crippen molar-refractivity contribution in [2.75, 3.05) is 24.9 Å². The predicted molar refractivity (Wildman–Crippen MR) is 199 cm³/mol. The maximum atomic E-state index is 13.3. The van der Waals surface area contributed by atoms with E-state index in [-0.39, 0.29) is 33.9 Å². The number of halogens is 5. The lowest BCUT2D eigenvalue weighted by Crippen LogP contribution is -2.30. The molecule has 2 unspecified atom stereocenters. The van der Waals surface area contributed by atoms with Gasteiger partial charge in [0.05, 0.1) is 30.3 Å². The minimum atomic E-state index is -0.773. The Morgan fingerprint density at radius 3 is 1.68 bits per heavy atom. The lowest BCUT2D eigenvalue weighted by atomic mass is 9.89. The van der Waals surface area contributed by atoms with E-state index < -0.39 is 23.2 Å². The van der Waals surface area contributed by atoms with E-state index in [0.717, 1.165) is 60.8 Å². The second-order valence-electron chi connectivity index (χ2n) is 12.2. The van der Waals surface area contributed by atoms with Crippen molar-refractivity contribution in [1.29, 1.82) is 0 Å². The molecule has 2 aliphatic rings. The fourth-order valence-corrected chi connectivity index (χ4v) is 6.67. The topological polar surface area (TPSA) is 159 Å². The SMILES string of the molecule is COC(=O)Cl.COC(=O)NC1CCCc2c1cn(C)c2C(=O)Nc1ccc(F)c(Cl)c1.Cn1cc2c(c1C(=O)Nc1ccc(F)c(Cl)c1)CCCC2N. The van der Waals surface area contributed by atoms with E-state index in [2.05, 4.69) is 37.0 Å². The molecule has 0 saturated heterocycles. The van der Waals surface area contributed by atoms with Gasteiger partial charge in [-0.05, 0) is 97.2 Å². The van der Waals surface area contributed by atoms with E-state index in [1.165, 1.54) is 50.6 Å². The Balaban J connectivity index is 0.000000212. The van der Waals surface area contributed by atoms with Crippen molar-refractivity contribution in [3.05, 3.63) is 104 Å². The first-order chi connectivity index (χ1) is 25.1. The third-order valence-corrected chi connectivity index (χ3v) is 9.43. The highest BCUT2D eigenvalue weighted by atomic mass is 35.5. The summed E-state index contributed by atoms with van der Waals surface area (Å²) in [6.45, 7) is 0. The number of hydrogen-bond donors (Lipinski definition) is 4. The van der Waals surface area contributed by atoms with Crippen molar-refractivity contribution in [3.63, 3.8) is 0 Å². The first kappa shape index (κ1) is 41.1. The van der Waals surface area contributed by atoms with Gasteiger partial charge in [-0.2, -0.15) is 0 Å². The van der Waals surface area contributed by atoms with Gasteiger partial charge in [0.25, 0.3) is 11.8 Å². The monoisotopic (exact) mass is 794 g/mol. The molecule has 284 valence electrons. The van der Waals surface area contributed by atoms with Crippen molar-refractivity contribution in [2.45, 2.75) is 50.6 Å². The molecule has 2 atom stereocenters. The molecular formula is C36H39Cl3F2N6O6. The lowest BCUT2D eigenvalue weighted by molar-refractivity contribution is 0.101. The molecule has 2 aromatic heterocycles. The summed E-state index contributed by atoms with van der Waals surface area (Å²) in [7, 11) is 6.14. The molecule has 53 heavy (non-hydrogen) atoms. The summed E-state index contributed by atoms with van der Waals surface area (Å²) in [4.78, 5) is 46.2. The van der Waals surface area contributed by atoms with Crippen LogP contribution < -0.4 is 21.7 Å². The van der Waals surface area contributed by atoms with Gasteiger partial charge >= 0.3 is 11.5 Å². The van der Waals surface area contributed by atoms with Gasteiger partial charge in [0, 0.05) is 55.5 Å². The van der Waals surface area contributed by atoms with Crippen molar-refractivity contribution < 1.29 is 37.4 Å². The van der Waals surface area contributed by atoms with Crippen LogP contribution in [0.25, 0.3) is 0 Å². The number of benzene rings is 2. The van der Waals surface area contributed by atoms with Gasteiger partial charge in [-0.3, -0.25) is 9.59 Å². The van der Waals surface area contributed by atoms with Crippen LogP contribution in [-0.4, -0.2) is 46.7 Å². The number of aryl methyl sites for hydroxylation is 2. The number of nitrogens with two attached hydrogens (primary N) is 1. The Morgan fingerprint density at radius 2 is 1.23 bits per heavy atom. The van der Waals surface area contributed by atoms with E-state index in [1.807, 2.05) is 19.4 Å². The molecule has 0 fully saturated rings. The number of aromatic nitrogens is 2. The second kappa shape index (κ2) is 18.4. The van der Waals surface area contributed by atoms with Crippen LogP contribution in [0.1, 0.15) is 81.0 Å². The molecule has 0 aliphatic heterocycles. The summed E-state index contributed by atoms with van der Waals surface area (Å²) in [6.07, 6.45) is 8.38. The first-order valence-corrected chi connectivity index (χ1v) is 17.5. The standard InChI is InChI=1S/C18H19ClFN3O3.C16H17ClFN3O.C2H3ClO2/c1-23-9-12-11(4-3-5-15(12)22-18(25)26-2)16(23)17(24)21-10-6-7-14(20)13(19)8-10;1-21-8-11-10(3-2-4-14(11)19)15(21)16(22)20-9-5-6-13(18)12(17)7-9;1-5-2(3)4/h6-9,15H,3-5H2,1-2H3,(H,21,24)(H,22,25);5-8,14H,2-4,19H2,1H3,(H,20,22);1H3. The number of rotatable bonds is 5. The largest absolute Gasteiger partial charge is 0.457 e. The second-order valence-corrected chi connectivity index (χ2v) is 13.4. The first-order valence-electron chi connectivity index (χ1n) is 16.4. The van der Waals surface area contributed by atoms with Gasteiger partial charge in [-0.1, -0.05) is 23.2 Å². The normalized spacial score (nSPS) is 15.6. The number of ether oxygens (including phenoxy) is 2. The number of methoxy groups -OCH3 is 2. The zero-order valence-electron chi connectivity index (χ0n) is 29.3. The number of nitrogens with one attached hydrogen (secondary N) is 3. The number of carbonyl (C=O) groups is 4. The van der Waals surface area contributed by atoms with E-state index in [1.54, 1.807) is 16.2 Å². The zero-order valence-corrected chi connectivity index (χ0v) is 31.6. The Hall–Kier alpha value is -4.63. The molecular weight excluding hydrogens is 757 g/mol. The zero-order chi connectivity index (χ0) is 39.0. The quantitative estimate of drug-likeness (QED) is 0.148. The van der Waals surface area contributed by atoms with Crippen LogP contribution in [0.5, 0.6) is 0 Å². The highest BCUT2D eigenvalue weighted by Crippen LogP contribution is 2.34. The number of fused-ring (bicyclic) bond motifs is 2. The molecule has 4 aromatic rings. The Kier molecular flexibility index (Phi) is 14.3. The van der Waals surface area contributed by atoms with Gasteiger partial charge in [0.15, 0.2) is 0 Å². The number of carbonyl (C=O) groups excluding carboxylic acids is 4. The van der Waals surface area contributed by atoms with Crippen molar-refractivity contribution >= 4 is 69.5 Å². The molecule has 12 nitrogen and oxygen atoms in total. The van der Waals surface area contributed by atoms with Gasteiger partial charge < -0.3 is 40.3 Å². The highest BCUT2D eigenvalue weighted by Gasteiger charge is 2.30. The molecule has 0 bridgehead atoms. The maximum Gasteiger partial charge on any atom is 0.407 e. The van der Waals surface area contributed by atoms with Crippen molar-refractivity contribution in [2.24, 2.45) is 19.8 Å². The highest BCUT2D eigenvalue weighted by molar-refractivity contribution is 6.61. The molecule has 0 spiro atoms. The van der Waals surface area contributed by atoms with Crippen LogP contribution in [0.2, 0.25) is 10.0 Å². The minimum Gasteiger partial charge on any atom is -0.457 e. The van der Waals surface area contributed by atoms with Crippen LogP contribution in [0.4, 0.5) is 29.7 Å². The van der Waals surface area contributed by atoms with Crippen LogP contribution in [-0.2, 0) is 36.4 Å². The average molecular weight is 796 g/mol. The Labute approximate surface area is 319 Å². The summed E-state index contributed by atoms with van der Waals surface area (Å²) >= 11 is 16.1. The predicted octanol–water partition coefficient (Wildman–Crippen LogP) is 8.20.